The molecule has 6 amide bonds. The van der Waals surface area contributed by atoms with Crippen LogP contribution in [-0.4, -0.2) is 75.3 Å². The zero-order chi connectivity index (χ0) is 42.3. The van der Waals surface area contributed by atoms with Crippen LogP contribution in [0.1, 0.15) is 80.4 Å². The smallest absolute Gasteiger partial charge is 0.324 e. The summed E-state index contributed by atoms with van der Waals surface area (Å²) in [5, 5.41) is 23.9. The molecular formula is C41H43N13O6. The van der Waals surface area contributed by atoms with Crippen LogP contribution in [0.15, 0.2) is 71.8 Å². The lowest BCUT2D eigenvalue weighted by Gasteiger charge is -2.29. The number of nitrogens with one attached hydrogen (secondary N) is 4. The molecule has 6 N–H and O–H groups in total. The highest BCUT2D eigenvalue weighted by Gasteiger charge is 2.40. The Hall–Kier alpha value is -7.44. The molecule has 60 heavy (non-hydrogen) atoms. The summed E-state index contributed by atoms with van der Waals surface area (Å²) in [6, 6.07) is 12.1. The van der Waals surface area contributed by atoms with Gasteiger partial charge in [0.25, 0.3) is 5.91 Å². The maximum Gasteiger partial charge on any atom is 0.324 e. The van der Waals surface area contributed by atoms with Crippen LogP contribution in [0.4, 0.5) is 27.8 Å². The minimum absolute atomic E-state index is 0.129. The third-order valence-corrected chi connectivity index (χ3v) is 10.6. The summed E-state index contributed by atoms with van der Waals surface area (Å²) in [5.74, 6) is -0.234. The van der Waals surface area contributed by atoms with Gasteiger partial charge in [0.15, 0.2) is 5.82 Å². The summed E-state index contributed by atoms with van der Waals surface area (Å²) >= 11 is 0. The molecule has 2 aliphatic rings. The Morgan fingerprint density at radius 1 is 1.02 bits per heavy atom. The number of amides is 6. The van der Waals surface area contributed by atoms with Crippen molar-refractivity contribution in [2.45, 2.75) is 84.0 Å². The van der Waals surface area contributed by atoms with Gasteiger partial charge in [0.05, 0.1) is 11.1 Å². The molecule has 19 heteroatoms. The first-order valence-electron chi connectivity index (χ1n) is 19.5. The molecule has 1 saturated heterocycles. The average molecular weight is 814 g/mol. The third-order valence-electron chi connectivity index (χ3n) is 10.6. The zero-order valence-electron chi connectivity index (χ0n) is 33.4. The number of carbonyl (C=O) groups excluding carboxylic acids is 5. The molecule has 0 bridgehead atoms. The normalized spacial score (nSPS) is 15.8. The van der Waals surface area contributed by atoms with E-state index in [1.807, 2.05) is 43.7 Å². The Morgan fingerprint density at radius 3 is 2.57 bits per heavy atom. The number of fused-ring (bicyclic) bond motifs is 2. The van der Waals surface area contributed by atoms with E-state index in [1.54, 1.807) is 49.5 Å². The second-order valence-corrected chi connectivity index (χ2v) is 15.9. The van der Waals surface area contributed by atoms with Crippen LogP contribution in [0.3, 0.4) is 0 Å². The Kier molecular flexibility index (Phi) is 10.3. The Bertz CT molecular complexity index is 2660. The van der Waals surface area contributed by atoms with E-state index in [2.05, 4.69) is 46.7 Å². The van der Waals surface area contributed by atoms with Gasteiger partial charge in [-0.15, -0.1) is 5.10 Å². The number of aryl methyl sites for hydroxylation is 2. The van der Waals surface area contributed by atoms with E-state index in [4.69, 9.17) is 10.3 Å². The monoisotopic (exact) mass is 813 g/mol. The van der Waals surface area contributed by atoms with Crippen LogP contribution in [0.5, 0.6) is 0 Å². The molecule has 2 aliphatic heterocycles. The van der Waals surface area contributed by atoms with Gasteiger partial charge in [0.2, 0.25) is 17.7 Å². The molecule has 1 fully saturated rings. The van der Waals surface area contributed by atoms with Gasteiger partial charge in [-0.2, -0.15) is 0 Å². The summed E-state index contributed by atoms with van der Waals surface area (Å²) < 4.78 is 8.85. The van der Waals surface area contributed by atoms with E-state index in [0.717, 1.165) is 11.1 Å². The summed E-state index contributed by atoms with van der Waals surface area (Å²) in [7, 11) is 0. The van der Waals surface area contributed by atoms with Gasteiger partial charge < -0.3 is 30.4 Å². The quantitative estimate of drug-likeness (QED) is 0.111. The number of rotatable bonds is 11. The minimum atomic E-state index is -0.763. The summed E-state index contributed by atoms with van der Waals surface area (Å²) in [5.41, 5.74) is 11.2. The predicted octanol–water partition coefficient (Wildman–Crippen LogP) is 4.80. The highest BCUT2D eigenvalue weighted by Crippen LogP contribution is 2.35. The number of imide groups is 1. The molecule has 4 aromatic heterocycles. The van der Waals surface area contributed by atoms with Crippen LogP contribution in [-0.2, 0) is 39.3 Å². The fourth-order valence-corrected chi connectivity index (χ4v) is 7.34. The Morgan fingerprint density at radius 2 is 1.82 bits per heavy atom. The molecule has 8 rings (SSSR count). The number of hydrogen-bond acceptors (Lipinski definition) is 12. The van der Waals surface area contributed by atoms with Gasteiger partial charge in [0, 0.05) is 71.5 Å². The second-order valence-electron chi connectivity index (χ2n) is 15.9. The molecule has 2 aromatic carbocycles. The molecule has 2 unspecified atom stereocenters. The lowest BCUT2D eigenvalue weighted by molar-refractivity contribution is -0.137. The number of hydrogen-bond donors (Lipinski definition) is 5. The first kappa shape index (κ1) is 39.4. The van der Waals surface area contributed by atoms with Gasteiger partial charge in [-0.05, 0) is 56.0 Å². The van der Waals surface area contributed by atoms with Crippen LogP contribution in [0.25, 0.3) is 22.2 Å². The second kappa shape index (κ2) is 15.7. The van der Waals surface area contributed by atoms with Gasteiger partial charge in [0.1, 0.15) is 35.6 Å². The summed E-state index contributed by atoms with van der Waals surface area (Å²) in [4.78, 5) is 73.7. The van der Waals surface area contributed by atoms with Crippen molar-refractivity contribution < 1.29 is 28.5 Å². The molecule has 19 nitrogen and oxygen atoms in total. The largest absolute Gasteiger partial charge is 0.383 e. The Labute approximate surface area is 343 Å². The minimum Gasteiger partial charge on any atom is -0.383 e. The van der Waals surface area contributed by atoms with Crippen molar-refractivity contribution >= 4 is 63.7 Å². The zero-order valence-corrected chi connectivity index (χ0v) is 33.4. The van der Waals surface area contributed by atoms with Crippen LogP contribution >= 0.6 is 0 Å². The average Bonchev–Trinajstić information content (AvgIpc) is 4.02. The van der Waals surface area contributed by atoms with Crippen molar-refractivity contribution in [1.82, 2.24) is 44.9 Å². The molecule has 308 valence electrons. The van der Waals surface area contributed by atoms with E-state index in [0.29, 0.717) is 76.0 Å². The lowest BCUT2D eigenvalue weighted by Crippen LogP contribution is -2.52. The van der Waals surface area contributed by atoms with Crippen molar-refractivity contribution in [3.8, 4) is 11.1 Å². The molecule has 2 atom stereocenters. The van der Waals surface area contributed by atoms with Crippen LogP contribution < -0.4 is 27.0 Å². The number of nitrogens with zero attached hydrogens (tertiary/aromatic N) is 8. The third kappa shape index (κ3) is 7.88. The molecule has 6 aromatic rings. The van der Waals surface area contributed by atoms with Crippen molar-refractivity contribution in [2.75, 3.05) is 21.7 Å². The number of benzene rings is 2. The molecular weight excluding hydrogens is 771 g/mol. The maximum absolute atomic E-state index is 13.5. The topological polar surface area (TPSA) is 250 Å². The maximum atomic E-state index is 13.5. The molecule has 0 saturated carbocycles. The van der Waals surface area contributed by atoms with E-state index in [1.165, 1.54) is 15.9 Å². The molecule has 0 radical (unpaired) electrons. The number of anilines is 4. The van der Waals surface area contributed by atoms with Gasteiger partial charge in [-0.25, -0.2) is 19.4 Å². The van der Waals surface area contributed by atoms with Crippen molar-refractivity contribution in [2.24, 2.45) is 0 Å². The highest BCUT2D eigenvalue weighted by atomic mass is 16.5. The van der Waals surface area contributed by atoms with E-state index in [9.17, 15) is 24.0 Å². The van der Waals surface area contributed by atoms with E-state index in [-0.39, 0.29) is 42.5 Å². The molecule has 0 spiro atoms. The summed E-state index contributed by atoms with van der Waals surface area (Å²) in [6.45, 7) is 8.38. The Balaban J connectivity index is 0.883. The SMILES string of the molecule is CC(C(=O)Nc1cccc2c1CN(C1CCC(=O)NC1=O)C2=O)n1cc(CCCn2cc(-c3ccc(NC(=O)Nc4cc(C(C)(C)C)on4)cc3)c3c(N)ncnc32)nn1. The number of nitrogens with two attached hydrogens (primary N) is 1. The van der Waals surface area contributed by atoms with Crippen molar-refractivity contribution in [3.05, 3.63) is 89.8 Å². The number of carbonyl (C=O) groups is 5. The van der Waals surface area contributed by atoms with E-state index >= 15 is 0 Å². The standard InChI is InChI=1S/C41H43N13O6/c1-22(37(56)46-29-9-5-8-26-28(29)20-53(39(26)58)30-14-15-33(55)48-38(30)57)54-18-25(49-51-54)7-6-16-52-19-27(34-35(42)43-21-44-36(34)52)23-10-12-24(13-11-23)45-40(59)47-32-17-31(60-50-32)41(2,3)4/h5,8-13,17-19,21-22,30H,6-7,14-16,20H2,1-4H3,(H,46,56)(H2,42,43,44)(H,48,55,57)(H2,45,47,50,59). The lowest BCUT2D eigenvalue weighted by atomic mass is 9.93. The van der Waals surface area contributed by atoms with Crippen molar-refractivity contribution in [1.29, 1.82) is 0 Å². The van der Waals surface area contributed by atoms with Crippen LogP contribution in [0, 0.1) is 0 Å². The fraction of sp³-hybridized carbons (Fsp3) is 0.317. The van der Waals surface area contributed by atoms with Crippen molar-refractivity contribution in [3.63, 3.8) is 0 Å². The van der Waals surface area contributed by atoms with Gasteiger partial charge >= 0.3 is 6.03 Å². The summed E-state index contributed by atoms with van der Waals surface area (Å²) in [6.07, 6.45) is 6.75. The predicted molar refractivity (Wildman–Crippen MR) is 219 cm³/mol. The van der Waals surface area contributed by atoms with E-state index < -0.39 is 24.0 Å². The number of piperidine rings is 1. The van der Waals surface area contributed by atoms with Gasteiger partial charge in [-0.3, -0.25) is 29.8 Å². The highest BCUT2D eigenvalue weighted by molar-refractivity contribution is 6.07. The molecule has 0 aliphatic carbocycles. The first-order chi connectivity index (χ1) is 28.7. The fourth-order valence-electron chi connectivity index (χ4n) is 7.34. The van der Waals surface area contributed by atoms with Gasteiger partial charge in [-0.1, -0.05) is 49.3 Å². The molecule has 6 heterocycles. The number of urea groups is 1. The van der Waals surface area contributed by atoms with Crippen LogP contribution in [0.2, 0.25) is 0 Å². The number of nitrogen functional groups attached to an aromatic ring is 1. The first-order valence-corrected chi connectivity index (χ1v) is 19.5. The number of aromatic nitrogens is 7.